The Labute approximate surface area is 236 Å². The van der Waals surface area contributed by atoms with Gasteiger partial charge in [-0.3, -0.25) is 9.52 Å². The maximum absolute atomic E-state index is 13.0. The number of benzene rings is 2. The molecule has 0 spiro atoms. The number of carbonyl (C=O) groups excluding carboxylic acids is 1. The van der Waals surface area contributed by atoms with Crippen LogP contribution in [0.2, 0.25) is 0 Å². The van der Waals surface area contributed by atoms with Crippen molar-refractivity contribution in [3.05, 3.63) is 88.2 Å². The van der Waals surface area contributed by atoms with Gasteiger partial charge in [-0.1, -0.05) is 67.5 Å². The largest absolute Gasteiger partial charge is 0.359 e. The Kier molecular flexibility index (Phi) is 9.09. The lowest BCUT2D eigenvalue weighted by atomic mass is 9.99. The van der Waals surface area contributed by atoms with Gasteiger partial charge in [0.15, 0.2) is 5.82 Å². The van der Waals surface area contributed by atoms with Gasteiger partial charge in [-0.25, -0.2) is 13.4 Å². The van der Waals surface area contributed by atoms with Crippen LogP contribution in [0.3, 0.4) is 0 Å². The molecule has 0 fully saturated rings. The van der Waals surface area contributed by atoms with Crippen molar-refractivity contribution < 1.29 is 17.7 Å². The minimum atomic E-state index is -3.73. The van der Waals surface area contributed by atoms with Crippen molar-refractivity contribution in [1.29, 1.82) is 0 Å². The molecule has 2 aromatic carbocycles. The van der Waals surface area contributed by atoms with Crippen molar-refractivity contribution >= 4 is 21.7 Å². The number of nitrogens with one attached hydrogen (secondary N) is 2. The molecule has 0 saturated carbocycles. The van der Waals surface area contributed by atoms with Crippen LogP contribution in [0.4, 0.5) is 5.82 Å². The molecule has 40 heavy (non-hydrogen) atoms. The molecule has 0 aliphatic heterocycles. The molecule has 2 aromatic heterocycles. The lowest BCUT2D eigenvalue weighted by Gasteiger charge is -2.14. The van der Waals surface area contributed by atoms with Crippen LogP contribution in [0.25, 0.3) is 11.1 Å². The third-order valence-corrected chi connectivity index (χ3v) is 8.05. The van der Waals surface area contributed by atoms with Crippen LogP contribution < -0.4 is 10.0 Å². The predicted octanol–water partition coefficient (Wildman–Crippen LogP) is 5.41. The van der Waals surface area contributed by atoms with E-state index in [2.05, 4.69) is 22.1 Å². The van der Waals surface area contributed by atoms with E-state index in [4.69, 9.17) is 9.51 Å². The van der Waals surface area contributed by atoms with Crippen molar-refractivity contribution in [3.8, 4) is 11.1 Å². The summed E-state index contributed by atoms with van der Waals surface area (Å²) in [6.45, 7) is 10.6. The molecule has 0 aliphatic rings. The Bertz CT molecular complexity index is 1590. The Morgan fingerprint density at radius 2 is 1.75 bits per heavy atom. The number of anilines is 1. The molecule has 4 aromatic rings. The third-order valence-electron chi connectivity index (χ3n) is 6.86. The Balaban J connectivity index is 1.60. The Morgan fingerprint density at radius 3 is 2.38 bits per heavy atom. The number of imidazole rings is 1. The van der Waals surface area contributed by atoms with E-state index >= 15 is 0 Å². The zero-order valence-corrected chi connectivity index (χ0v) is 24.6. The number of carbonyl (C=O) groups is 1. The zero-order chi connectivity index (χ0) is 28.9. The molecule has 0 unspecified atom stereocenters. The van der Waals surface area contributed by atoms with Crippen LogP contribution in [0, 0.1) is 13.8 Å². The van der Waals surface area contributed by atoms with Crippen molar-refractivity contribution in [2.24, 2.45) is 0 Å². The molecule has 0 bridgehead atoms. The highest BCUT2D eigenvalue weighted by Gasteiger charge is 2.22. The van der Waals surface area contributed by atoms with Crippen LogP contribution in [0.15, 0.2) is 53.1 Å². The lowest BCUT2D eigenvalue weighted by molar-refractivity contribution is 0.0945. The van der Waals surface area contributed by atoms with E-state index in [-0.39, 0.29) is 17.5 Å². The number of aryl methyl sites for hydroxylation is 3. The highest BCUT2D eigenvalue weighted by atomic mass is 32.2. The summed E-state index contributed by atoms with van der Waals surface area (Å²) in [7, 11) is -3.73. The van der Waals surface area contributed by atoms with E-state index in [0.717, 1.165) is 41.1 Å². The second kappa shape index (κ2) is 12.5. The number of nitrogens with zero attached hydrogens (tertiary/aromatic N) is 3. The lowest BCUT2D eigenvalue weighted by Crippen LogP contribution is -2.27. The van der Waals surface area contributed by atoms with Crippen molar-refractivity contribution in [1.82, 2.24) is 20.0 Å². The summed E-state index contributed by atoms with van der Waals surface area (Å²) < 4.78 is 35.6. The second-order valence-electron chi connectivity index (χ2n) is 9.80. The molecule has 1 amide bonds. The van der Waals surface area contributed by atoms with E-state index in [0.29, 0.717) is 42.1 Å². The molecular weight excluding hydrogens is 526 g/mol. The molecule has 2 heterocycles. The van der Waals surface area contributed by atoms with Crippen LogP contribution >= 0.6 is 0 Å². The number of hydrogen-bond acceptors (Lipinski definition) is 6. The molecule has 0 aliphatic carbocycles. The van der Waals surface area contributed by atoms with Gasteiger partial charge in [-0.05, 0) is 55.9 Å². The molecule has 9 nitrogen and oxygen atoms in total. The van der Waals surface area contributed by atoms with Gasteiger partial charge >= 0.3 is 0 Å². The molecule has 0 radical (unpaired) electrons. The van der Waals surface area contributed by atoms with E-state index in [1.807, 2.05) is 66.9 Å². The molecule has 212 valence electrons. The summed E-state index contributed by atoms with van der Waals surface area (Å²) >= 11 is 0. The van der Waals surface area contributed by atoms with Gasteiger partial charge < -0.3 is 14.4 Å². The van der Waals surface area contributed by atoms with Crippen LogP contribution in [0.1, 0.15) is 71.6 Å². The number of sulfonamides is 1. The van der Waals surface area contributed by atoms with E-state index in [1.54, 1.807) is 13.8 Å². The molecule has 4 rings (SSSR count). The minimum Gasteiger partial charge on any atom is -0.359 e. The monoisotopic (exact) mass is 563 g/mol. The van der Waals surface area contributed by atoms with Crippen LogP contribution in [0.5, 0.6) is 0 Å². The molecule has 0 atom stereocenters. The van der Waals surface area contributed by atoms with Crippen LogP contribution in [-0.4, -0.2) is 35.6 Å². The highest BCUT2D eigenvalue weighted by Crippen LogP contribution is 2.27. The normalized spacial score (nSPS) is 11.5. The number of amides is 1. The first-order valence-electron chi connectivity index (χ1n) is 13.6. The summed E-state index contributed by atoms with van der Waals surface area (Å²) in [4.78, 5) is 17.7. The van der Waals surface area contributed by atoms with Crippen molar-refractivity contribution in [2.45, 2.75) is 66.2 Å². The standard InChI is InChI=1S/C30H37N5O4S/c1-6-11-27-32-26(7-2)28(30(36)31-8-3)35(27)18-22-14-16-23(17-15-22)25-13-10-9-12-24(25)19-40(37,38)34-29-20(4)21(5)39-33-29/h9-10,12-17H,6-8,11,18-19H2,1-5H3,(H,31,36)(H,33,34). The quantitative estimate of drug-likeness (QED) is 0.238. The van der Waals surface area contributed by atoms with Gasteiger partial charge in [0, 0.05) is 25.1 Å². The fraction of sp³-hybridized carbons (Fsp3) is 0.367. The van der Waals surface area contributed by atoms with Crippen molar-refractivity contribution in [3.63, 3.8) is 0 Å². The summed E-state index contributed by atoms with van der Waals surface area (Å²) in [5.41, 5.74) is 5.53. The second-order valence-corrected chi connectivity index (χ2v) is 11.5. The molecule has 0 saturated heterocycles. The number of hydrogen-bond donors (Lipinski definition) is 2. The Hall–Kier alpha value is -3.92. The first-order chi connectivity index (χ1) is 19.2. The van der Waals surface area contributed by atoms with Gasteiger partial charge in [0.2, 0.25) is 10.0 Å². The average Bonchev–Trinajstić information content (AvgIpc) is 3.43. The summed E-state index contributed by atoms with van der Waals surface area (Å²) in [6.07, 6.45) is 2.39. The molecular formula is C30H37N5O4S. The first-order valence-corrected chi connectivity index (χ1v) is 15.3. The smallest absolute Gasteiger partial charge is 0.269 e. The number of rotatable bonds is 12. The predicted molar refractivity (Wildman–Crippen MR) is 157 cm³/mol. The third kappa shape index (κ3) is 6.44. The topological polar surface area (TPSA) is 119 Å². The Morgan fingerprint density at radius 1 is 1.02 bits per heavy atom. The van der Waals surface area contributed by atoms with Gasteiger partial charge in [0.05, 0.1) is 11.4 Å². The molecule has 10 heteroatoms. The van der Waals surface area contributed by atoms with Gasteiger partial charge in [0.1, 0.15) is 17.3 Å². The van der Waals surface area contributed by atoms with E-state index in [9.17, 15) is 13.2 Å². The van der Waals surface area contributed by atoms with E-state index in [1.165, 1.54) is 0 Å². The summed E-state index contributed by atoms with van der Waals surface area (Å²) in [6, 6.07) is 15.5. The van der Waals surface area contributed by atoms with E-state index < -0.39 is 10.0 Å². The van der Waals surface area contributed by atoms with Gasteiger partial charge in [-0.15, -0.1) is 0 Å². The average molecular weight is 564 g/mol. The first kappa shape index (κ1) is 29.1. The maximum atomic E-state index is 13.0. The molecule has 2 N–H and O–H groups in total. The van der Waals surface area contributed by atoms with Crippen molar-refractivity contribution in [2.75, 3.05) is 11.3 Å². The SMILES string of the molecule is CCCc1nc(CC)c(C(=O)NCC)n1Cc1ccc(-c2ccccc2CS(=O)(=O)Nc2noc(C)c2C)cc1. The summed E-state index contributed by atoms with van der Waals surface area (Å²) in [5.74, 6) is 1.37. The maximum Gasteiger partial charge on any atom is 0.269 e. The van der Waals surface area contributed by atoms with Crippen LogP contribution in [-0.2, 0) is 35.2 Å². The highest BCUT2D eigenvalue weighted by molar-refractivity contribution is 7.91. The summed E-state index contributed by atoms with van der Waals surface area (Å²) in [5, 5.41) is 6.75. The zero-order valence-electron chi connectivity index (χ0n) is 23.7. The number of aromatic nitrogens is 3. The van der Waals surface area contributed by atoms with Gasteiger partial charge in [0.25, 0.3) is 5.91 Å². The fourth-order valence-electron chi connectivity index (χ4n) is 4.68. The minimum absolute atomic E-state index is 0.106. The van der Waals surface area contributed by atoms with Gasteiger partial charge in [-0.2, -0.15) is 0 Å². The fourth-order valence-corrected chi connectivity index (χ4v) is 5.90.